The molecule has 0 bridgehead atoms. The summed E-state index contributed by atoms with van der Waals surface area (Å²) in [5, 5.41) is 7.72. The van der Waals surface area contributed by atoms with Crippen molar-refractivity contribution < 1.29 is 9.32 Å². The third-order valence-electron chi connectivity index (χ3n) is 3.49. The summed E-state index contributed by atoms with van der Waals surface area (Å²) in [5.41, 5.74) is 4.57. The number of fused-ring (bicyclic) bond motifs is 1. The van der Waals surface area contributed by atoms with Crippen LogP contribution in [-0.2, 0) is 11.2 Å². The zero-order chi connectivity index (χ0) is 15.7. The lowest BCUT2D eigenvalue weighted by atomic mass is 10.1. The fraction of sp³-hybridized carbons (Fsp3) is 0.235. The van der Waals surface area contributed by atoms with E-state index in [1.807, 2.05) is 45.0 Å². The maximum atomic E-state index is 12.2. The zero-order valence-electron chi connectivity index (χ0n) is 12.8. The molecule has 1 amide bonds. The van der Waals surface area contributed by atoms with Crippen LogP contribution < -0.4 is 5.32 Å². The van der Waals surface area contributed by atoms with Crippen molar-refractivity contribution in [3.05, 3.63) is 52.8 Å². The van der Waals surface area contributed by atoms with Gasteiger partial charge in [-0.1, -0.05) is 11.2 Å². The van der Waals surface area contributed by atoms with Crippen molar-refractivity contribution in [3.63, 3.8) is 0 Å². The number of pyridine rings is 1. The van der Waals surface area contributed by atoms with Crippen LogP contribution in [-0.4, -0.2) is 16.0 Å². The van der Waals surface area contributed by atoms with E-state index >= 15 is 0 Å². The van der Waals surface area contributed by atoms with E-state index in [0.717, 1.165) is 27.7 Å². The van der Waals surface area contributed by atoms with Crippen molar-refractivity contribution in [1.29, 1.82) is 0 Å². The van der Waals surface area contributed by atoms with Crippen LogP contribution in [0.2, 0.25) is 0 Å². The second-order valence-corrected chi connectivity index (χ2v) is 5.53. The molecule has 0 radical (unpaired) electrons. The van der Waals surface area contributed by atoms with Gasteiger partial charge in [0, 0.05) is 11.6 Å². The van der Waals surface area contributed by atoms with E-state index < -0.39 is 0 Å². The lowest BCUT2D eigenvalue weighted by Gasteiger charge is -2.04. The first-order chi connectivity index (χ1) is 10.5. The number of benzene rings is 1. The summed E-state index contributed by atoms with van der Waals surface area (Å²) in [6.07, 6.45) is 1.83. The van der Waals surface area contributed by atoms with E-state index in [1.165, 1.54) is 0 Å². The molecular formula is C17H17N3O2. The molecule has 0 saturated carbocycles. The van der Waals surface area contributed by atoms with Gasteiger partial charge in [-0.3, -0.25) is 4.79 Å². The highest BCUT2D eigenvalue weighted by Crippen LogP contribution is 2.24. The average Bonchev–Trinajstić information content (AvgIpc) is 2.82. The normalized spacial score (nSPS) is 10.9. The Labute approximate surface area is 128 Å². The van der Waals surface area contributed by atoms with Gasteiger partial charge in [0.25, 0.3) is 0 Å². The predicted molar refractivity (Wildman–Crippen MR) is 84.8 cm³/mol. The van der Waals surface area contributed by atoms with Gasteiger partial charge in [-0.2, -0.15) is 0 Å². The van der Waals surface area contributed by atoms with Crippen LogP contribution in [0.3, 0.4) is 0 Å². The minimum Gasteiger partial charge on any atom is -0.356 e. The Morgan fingerprint density at radius 1 is 1.18 bits per heavy atom. The van der Waals surface area contributed by atoms with Crippen LogP contribution >= 0.6 is 0 Å². The molecule has 2 aromatic heterocycles. The van der Waals surface area contributed by atoms with E-state index in [1.54, 1.807) is 6.20 Å². The summed E-state index contributed by atoms with van der Waals surface area (Å²) in [5.74, 6) is 0.387. The molecule has 0 atom stereocenters. The summed E-state index contributed by atoms with van der Waals surface area (Å²) in [7, 11) is 0. The molecule has 3 aromatic rings. The second kappa shape index (κ2) is 5.60. The first kappa shape index (κ1) is 14.3. The Bertz CT molecular complexity index is 852. The van der Waals surface area contributed by atoms with Gasteiger partial charge in [0.15, 0.2) is 5.58 Å². The topological polar surface area (TPSA) is 68.0 Å². The third kappa shape index (κ3) is 2.83. The van der Waals surface area contributed by atoms with Crippen molar-refractivity contribution in [2.75, 3.05) is 5.32 Å². The molecule has 112 valence electrons. The van der Waals surface area contributed by atoms with Crippen molar-refractivity contribution in [3.8, 4) is 0 Å². The van der Waals surface area contributed by atoms with Gasteiger partial charge in [-0.05, 0) is 55.7 Å². The number of nitrogens with one attached hydrogen (secondary N) is 1. The molecule has 1 aromatic carbocycles. The van der Waals surface area contributed by atoms with E-state index in [9.17, 15) is 4.79 Å². The number of aromatic nitrogens is 2. The molecule has 0 spiro atoms. The van der Waals surface area contributed by atoms with Crippen LogP contribution in [0.5, 0.6) is 0 Å². The molecule has 0 aliphatic rings. The van der Waals surface area contributed by atoms with Gasteiger partial charge < -0.3 is 9.84 Å². The highest BCUT2D eigenvalue weighted by molar-refractivity contribution is 5.94. The maximum absolute atomic E-state index is 12.2. The number of aryl methyl sites for hydroxylation is 3. The zero-order valence-corrected chi connectivity index (χ0v) is 12.8. The molecule has 0 aliphatic carbocycles. The Morgan fingerprint density at radius 3 is 2.77 bits per heavy atom. The summed E-state index contributed by atoms with van der Waals surface area (Å²) in [4.78, 5) is 16.3. The SMILES string of the molecule is Cc1ccnc(NC(=O)Cc2noc3c(C)cc(C)cc23)c1. The first-order valence-corrected chi connectivity index (χ1v) is 7.11. The Kier molecular flexibility index (Phi) is 3.63. The highest BCUT2D eigenvalue weighted by atomic mass is 16.5. The summed E-state index contributed by atoms with van der Waals surface area (Å²) < 4.78 is 5.36. The van der Waals surface area contributed by atoms with E-state index in [2.05, 4.69) is 15.5 Å². The number of carbonyl (C=O) groups excluding carboxylic acids is 1. The molecular weight excluding hydrogens is 278 g/mol. The van der Waals surface area contributed by atoms with Crippen LogP contribution in [0.4, 0.5) is 5.82 Å². The smallest absolute Gasteiger partial charge is 0.231 e. The molecule has 5 heteroatoms. The number of hydrogen-bond donors (Lipinski definition) is 1. The Balaban J connectivity index is 1.82. The first-order valence-electron chi connectivity index (χ1n) is 7.11. The van der Waals surface area contributed by atoms with Gasteiger partial charge in [-0.25, -0.2) is 4.98 Å². The minimum atomic E-state index is -0.160. The predicted octanol–water partition coefficient (Wildman–Crippen LogP) is 3.33. The van der Waals surface area contributed by atoms with Crippen molar-refractivity contribution in [2.24, 2.45) is 0 Å². The minimum absolute atomic E-state index is 0.158. The molecule has 2 heterocycles. The summed E-state index contributed by atoms with van der Waals surface area (Å²) in [6.45, 7) is 5.94. The molecule has 0 fully saturated rings. The van der Waals surface area contributed by atoms with Gasteiger partial charge in [0.2, 0.25) is 5.91 Å². The lowest BCUT2D eigenvalue weighted by Crippen LogP contribution is -2.15. The average molecular weight is 295 g/mol. The fourth-order valence-corrected chi connectivity index (χ4v) is 2.51. The highest BCUT2D eigenvalue weighted by Gasteiger charge is 2.14. The van der Waals surface area contributed by atoms with Gasteiger partial charge >= 0.3 is 0 Å². The van der Waals surface area contributed by atoms with Gasteiger partial charge in [0.05, 0.1) is 6.42 Å². The number of hydrogen-bond acceptors (Lipinski definition) is 4. The van der Waals surface area contributed by atoms with Crippen LogP contribution in [0.15, 0.2) is 35.0 Å². The van der Waals surface area contributed by atoms with Crippen molar-refractivity contribution in [2.45, 2.75) is 27.2 Å². The quantitative estimate of drug-likeness (QED) is 0.804. The monoisotopic (exact) mass is 295 g/mol. The number of anilines is 1. The summed E-state index contributed by atoms with van der Waals surface area (Å²) in [6, 6.07) is 7.74. The van der Waals surface area contributed by atoms with Crippen LogP contribution in [0, 0.1) is 20.8 Å². The Morgan fingerprint density at radius 2 is 2.00 bits per heavy atom. The van der Waals surface area contributed by atoms with Gasteiger partial charge in [-0.15, -0.1) is 0 Å². The number of amides is 1. The summed E-state index contributed by atoms with van der Waals surface area (Å²) >= 11 is 0. The number of carbonyl (C=O) groups is 1. The largest absolute Gasteiger partial charge is 0.356 e. The maximum Gasteiger partial charge on any atom is 0.231 e. The third-order valence-corrected chi connectivity index (χ3v) is 3.49. The molecule has 0 saturated heterocycles. The lowest BCUT2D eigenvalue weighted by molar-refractivity contribution is -0.115. The standard InChI is InChI=1S/C17H17N3O2/c1-10-4-5-18-15(8-10)19-16(21)9-14-13-7-11(2)6-12(3)17(13)22-20-14/h4-8H,9H2,1-3H3,(H,18,19,21). The molecule has 0 aliphatic heterocycles. The fourth-order valence-electron chi connectivity index (χ4n) is 2.51. The molecule has 3 rings (SSSR count). The molecule has 5 nitrogen and oxygen atoms in total. The van der Waals surface area contributed by atoms with Crippen LogP contribution in [0.1, 0.15) is 22.4 Å². The van der Waals surface area contributed by atoms with Crippen LogP contribution in [0.25, 0.3) is 11.0 Å². The second-order valence-electron chi connectivity index (χ2n) is 5.53. The van der Waals surface area contributed by atoms with Gasteiger partial charge in [0.1, 0.15) is 11.5 Å². The molecule has 22 heavy (non-hydrogen) atoms. The van der Waals surface area contributed by atoms with E-state index in [-0.39, 0.29) is 12.3 Å². The van der Waals surface area contributed by atoms with Crippen molar-refractivity contribution in [1.82, 2.24) is 10.1 Å². The number of rotatable bonds is 3. The van der Waals surface area contributed by atoms with Crippen molar-refractivity contribution >= 4 is 22.7 Å². The van der Waals surface area contributed by atoms with E-state index in [0.29, 0.717) is 11.5 Å². The number of nitrogens with zero attached hydrogens (tertiary/aromatic N) is 2. The molecule has 0 unspecified atom stereocenters. The Hall–Kier alpha value is -2.69. The van der Waals surface area contributed by atoms with E-state index in [4.69, 9.17) is 4.52 Å². The molecule has 1 N–H and O–H groups in total.